The van der Waals surface area contributed by atoms with Crippen molar-refractivity contribution < 1.29 is 9.26 Å². The summed E-state index contributed by atoms with van der Waals surface area (Å²) < 4.78 is 11.3. The van der Waals surface area contributed by atoms with Gasteiger partial charge in [-0.25, -0.2) is 0 Å². The summed E-state index contributed by atoms with van der Waals surface area (Å²) in [6.45, 7) is 2.09. The van der Waals surface area contributed by atoms with Gasteiger partial charge in [0.2, 0.25) is 0 Å². The van der Waals surface area contributed by atoms with Crippen molar-refractivity contribution in [1.29, 1.82) is 0 Å². The van der Waals surface area contributed by atoms with Crippen LogP contribution >= 0.6 is 0 Å². The van der Waals surface area contributed by atoms with Crippen molar-refractivity contribution in [2.45, 2.75) is 51.2 Å². The Labute approximate surface area is 143 Å². The third-order valence-electron chi connectivity index (χ3n) is 4.35. The normalized spacial score (nSPS) is 16.8. The van der Waals surface area contributed by atoms with Crippen LogP contribution in [0.15, 0.2) is 28.8 Å². The first-order valence-electron chi connectivity index (χ1n) is 8.67. The summed E-state index contributed by atoms with van der Waals surface area (Å²) >= 11 is 0. The molecule has 24 heavy (non-hydrogen) atoms. The van der Waals surface area contributed by atoms with E-state index in [0.717, 1.165) is 36.4 Å². The number of nitrogens with one attached hydrogen (secondary N) is 1. The molecule has 5 heteroatoms. The molecule has 0 bridgehead atoms. The molecule has 1 atom stereocenters. The Morgan fingerprint density at radius 3 is 2.96 bits per heavy atom. The maximum Gasteiger partial charge on any atom is 0.250 e. The van der Waals surface area contributed by atoms with Crippen molar-refractivity contribution in [3.8, 4) is 5.75 Å². The van der Waals surface area contributed by atoms with Crippen molar-refractivity contribution in [1.82, 2.24) is 15.5 Å². The molecule has 0 amide bonds. The number of aromatic nitrogens is 2. The van der Waals surface area contributed by atoms with Crippen molar-refractivity contribution in [3.63, 3.8) is 0 Å². The Morgan fingerprint density at radius 1 is 1.33 bits per heavy atom. The summed E-state index contributed by atoms with van der Waals surface area (Å²) in [6, 6.07) is 8.44. The number of likely N-dealkylation sites (N-methyl/N-ethyl adjacent to an activating group) is 1. The number of hydrogen-bond acceptors (Lipinski definition) is 5. The summed E-state index contributed by atoms with van der Waals surface area (Å²) in [5.41, 5.74) is 1.06. The molecule has 1 unspecified atom stereocenters. The van der Waals surface area contributed by atoms with Gasteiger partial charge in [-0.1, -0.05) is 17.3 Å². The van der Waals surface area contributed by atoms with Crippen LogP contribution in [-0.4, -0.2) is 29.3 Å². The van der Waals surface area contributed by atoms with Crippen LogP contribution in [0.2, 0.25) is 0 Å². The number of benzene rings is 1. The van der Waals surface area contributed by atoms with Gasteiger partial charge in [0.05, 0.1) is 6.10 Å². The van der Waals surface area contributed by atoms with Crippen LogP contribution in [0.1, 0.15) is 49.9 Å². The topological polar surface area (TPSA) is 60.2 Å². The van der Waals surface area contributed by atoms with Crippen LogP contribution < -0.4 is 10.1 Å². The molecule has 2 aromatic rings. The highest BCUT2D eigenvalue weighted by Crippen LogP contribution is 2.25. The maximum absolute atomic E-state index is 6.04. The highest BCUT2D eigenvalue weighted by molar-refractivity contribution is 5.66. The van der Waals surface area contributed by atoms with Crippen molar-refractivity contribution >= 4 is 12.2 Å². The van der Waals surface area contributed by atoms with Gasteiger partial charge in [-0.05, 0) is 63.4 Å². The minimum Gasteiger partial charge on any atom is -0.490 e. The zero-order valence-corrected chi connectivity index (χ0v) is 14.4. The molecule has 1 saturated carbocycles. The monoisotopic (exact) mass is 327 g/mol. The molecule has 5 nitrogen and oxygen atoms in total. The van der Waals surface area contributed by atoms with Crippen molar-refractivity contribution in [3.05, 3.63) is 41.5 Å². The minimum absolute atomic E-state index is 0.323. The van der Waals surface area contributed by atoms with E-state index < -0.39 is 0 Å². The highest BCUT2D eigenvalue weighted by Gasteiger charge is 2.16. The standard InChI is InChI=1S/C19H25N3O2/c1-14(20-2)12-18-21-19(24-22-18)11-10-15-6-5-9-17(13-15)23-16-7-3-4-8-16/h5-6,9-11,13-14,16,20H,3-4,7-8,12H2,1-2H3/b11-10+. The molecule has 0 radical (unpaired) electrons. The summed E-state index contributed by atoms with van der Waals surface area (Å²) in [6.07, 6.45) is 9.81. The maximum atomic E-state index is 6.04. The van der Waals surface area contributed by atoms with Gasteiger partial charge in [-0.2, -0.15) is 4.98 Å². The van der Waals surface area contributed by atoms with Crippen molar-refractivity contribution in [2.75, 3.05) is 7.05 Å². The highest BCUT2D eigenvalue weighted by atomic mass is 16.5. The Morgan fingerprint density at radius 2 is 2.17 bits per heavy atom. The second-order valence-corrected chi connectivity index (χ2v) is 6.37. The van der Waals surface area contributed by atoms with Gasteiger partial charge in [-0.3, -0.25) is 0 Å². The lowest BCUT2D eigenvalue weighted by Gasteiger charge is -2.13. The summed E-state index contributed by atoms with van der Waals surface area (Å²) in [5.74, 6) is 2.17. The predicted octanol–water partition coefficient (Wildman–Crippen LogP) is 3.71. The summed E-state index contributed by atoms with van der Waals surface area (Å²) in [7, 11) is 1.92. The molecule has 1 fully saturated rings. The predicted molar refractivity (Wildman–Crippen MR) is 94.8 cm³/mol. The van der Waals surface area contributed by atoms with Crippen LogP contribution in [0.5, 0.6) is 5.75 Å². The number of rotatable bonds is 7. The minimum atomic E-state index is 0.323. The van der Waals surface area contributed by atoms with E-state index in [0.29, 0.717) is 18.0 Å². The molecule has 0 saturated heterocycles. The fraction of sp³-hybridized carbons (Fsp3) is 0.474. The van der Waals surface area contributed by atoms with Crippen LogP contribution in [0.4, 0.5) is 0 Å². The molecular formula is C19H25N3O2. The van der Waals surface area contributed by atoms with Crippen LogP contribution in [0, 0.1) is 0 Å². The zero-order chi connectivity index (χ0) is 16.8. The molecule has 3 rings (SSSR count). The number of nitrogens with zero attached hydrogens (tertiary/aromatic N) is 2. The van der Waals surface area contributed by atoms with E-state index in [9.17, 15) is 0 Å². The first kappa shape index (κ1) is 16.7. The molecule has 1 N–H and O–H groups in total. The molecule has 1 aliphatic carbocycles. The lowest BCUT2D eigenvalue weighted by Crippen LogP contribution is -2.24. The van der Waals surface area contributed by atoms with Gasteiger partial charge < -0.3 is 14.6 Å². The smallest absolute Gasteiger partial charge is 0.250 e. The molecule has 1 aromatic carbocycles. The van der Waals surface area contributed by atoms with Gasteiger partial charge in [0.25, 0.3) is 5.89 Å². The Balaban J connectivity index is 1.61. The van der Waals surface area contributed by atoms with Crippen molar-refractivity contribution in [2.24, 2.45) is 0 Å². The second-order valence-electron chi connectivity index (χ2n) is 6.37. The quantitative estimate of drug-likeness (QED) is 0.840. The fourth-order valence-electron chi connectivity index (χ4n) is 2.85. The fourth-order valence-corrected chi connectivity index (χ4v) is 2.85. The van der Waals surface area contributed by atoms with Gasteiger partial charge in [-0.15, -0.1) is 0 Å². The molecule has 0 aliphatic heterocycles. The van der Waals surface area contributed by atoms with Crippen LogP contribution in [0.3, 0.4) is 0 Å². The van der Waals surface area contributed by atoms with E-state index >= 15 is 0 Å². The third kappa shape index (κ3) is 4.68. The summed E-state index contributed by atoms with van der Waals surface area (Å²) in [5, 5.41) is 7.16. The molecule has 1 aromatic heterocycles. The van der Waals surface area contributed by atoms with Gasteiger partial charge in [0, 0.05) is 18.5 Å². The van der Waals surface area contributed by atoms with E-state index in [1.807, 2.05) is 37.4 Å². The van der Waals surface area contributed by atoms with E-state index in [1.165, 1.54) is 12.8 Å². The number of ether oxygens (including phenoxy) is 1. The van der Waals surface area contributed by atoms with E-state index in [1.54, 1.807) is 0 Å². The van der Waals surface area contributed by atoms with E-state index in [2.05, 4.69) is 28.4 Å². The van der Waals surface area contributed by atoms with Gasteiger partial charge >= 0.3 is 0 Å². The first-order chi connectivity index (χ1) is 11.7. The summed E-state index contributed by atoms with van der Waals surface area (Å²) in [4.78, 5) is 4.38. The SMILES string of the molecule is CNC(C)Cc1noc(/C=C/c2cccc(OC3CCCC3)c2)n1. The molecule has 128 valence electrons. The lowest BCUT2D eigenvalue weighted by molar-refractivity contribution is 0.210. The average Bonchev–Trinajstić information content (AvgIpc) is 3.25. The Kier molecular flexibility index (Phi) is 5.64. The largest absolute Gasteiger partial charge is 0.490 e. The van der Waals surface area contributed by atoms with Crippen LogP contribution in [0.25, 0.3) is 12.2 Å². The lowest BCUT2D eigenvalue weighted by atomic mass is 10.2. The molecule has 1 aliphatic rings. The van der Waals surface area contributed by atoms with Gasteiger partial charge in [0.15, 0.2) is 5.82 Å². The Hall–Kier alpha value is -2.14. The third-order valence-corrected chi connectivity index (χ3v) is 4.35. The van der Waals surface area contributed by atoms with E-state index in [4.69, 9.17) is 9.26 Å². The molecular weight excluding hydrogens is 302 g/mol. The zero-order valence-electron chi connectivity index (χ0n) is 14.4. The van der Waals surface area contributed by atoms with Crippen LogP contribution in [-0.2, 0) is 6.42 Å². The molecule has 0 spiro atoms. The van der Waals surface area contributed by atoms with E-state index in [-0.39, 0.29) is 0 Å². The van der Waals surface area contributed by atoms with Gasteiger partial charge in [0.1, 0.15) is 5.75 Å². The number of hydrogen-bond donors (Lipinski definition) is 1. The Bertz CT molecular complexity index is 675. The average molecular weight is 327 g/mol. The second kappa shape index (κ2) is 8.11. The first-order valence-corrected chi connectivity index (χ1v) is 8.67. The molecule has 1 heterocycles.